The molecule has 0 spiro atoms. The van der Waals surface area contributed by atoms with Crippen LogP contribution in [0.25, 0.3) is 22.6 Å². The second kappa shape index (κ2) is 5.50. The largest absolute Gasteiger partial charge is 0.480 e. The number of pyridine rings is 1. The van der Waals surface area contributed by atoms with Crippen molar-refractivity contribution < 1.29 is 9.90 Å². The van der Waals surface area contributed by atoms with Gasteiger partial charge < -0.3 is 5.11 Å². The third-order valence-electron chi connectivity index (χ3n) is 4.18. The maximum atomic E-state index is 11.5. The number of aryl methyl sites for hydroxylation is 3. The van der Waals surface area contributed by atoms with Crippen LogP contribution in [0.1, 0.15) is 29.7 Å². The summed E-state index contributed by atoms with van der Waals surface area (Å²) in [6.07, 6.45) is 1.74. The van der Waals surface area contributed by atoms with Crippen molar-refractivity contribution in [1.29, 1.82) is 0 Å². The summed E-state index contributed by atoms with van der Waals surface area (Å²) in [6, 6.07) is 7.22. The van der Waals surface area contributed by atoms with Crippen molar-refractivity contribution in [2.75, 3.05) is 0 Å². The maximum absolute atomic E-state index is 11.5. The van der Waals surface area contributed by atoms with Gasteiger partial charge in [0, 0.05) is 11.8 Å². The van der Waals surface area contributed by atoms with Crippen molar-refractivity contribution >= 4 is 17.1 Å². The average molecular weight is 309 g/mol. The lowest BCUT2D eigenvalue weighted by atomic mass is 10.1. The third-order valence-corrected chi connectivity index (χ3v) is 4.18. The quantitative estimate of drug-likeness (QED) is 0.801. The van der Waals surface area contributed by atoms with Crippen LogP contribution in [0, 0.1) is 20.8 Å². The van der Waals surface area contributed by atoms with Crippen molar-refractivity contribution in [2.45, 2.75) is 33.7 Å². The molecule has 5 heteroatoms. The minimum absolute atomic E-state index is 0.596. The molecular weight excluding hydrogens is 290 g/mol. The van der Waals surface area contributed by atoms with E-state index in [0.717, 1.165) is 16.7 Å². The minimum Gasteiger partial charge on any atom is -0.480 e. The second-order valence-electron chi connectivity index (χ2n) is 5.97. The van der Waals surface area contributed by atoms with Crippen LogP contribution in [-0.2, 0) is 4.79 Å². The molecule has 0 radical (unpaired) electrons. The van der Waals surface area contributed by atoms with Gasteiger partial charge in [0.1, 0.15) is 17.4 Å². The van der Waals surface area contributed by atoms with E-state index in [2.05, 4.69) is 9.97 Å². The highest BCUT2D eigenvalue weighted by Gasteiger charge is 2.23. The molecule has 5 nitrogen and oxygen atoms in total. The standard InChI is InChI=1S/C18H19N3O2/c1-10-7-15-17(19-9-10)21(13(4)18(22)23)16(20-15)14-6-5-11(2)12(3)8-14/h5-9,13H,1-4H3,(H,22,23). The first-order chi connectivity index (χ1) is 10.9. The maximum Gasteiger partial charge on any atom is 0.326 e. The first-order valence-corrected chi connectivity index (χ1v) is 7.53. The fourth-order valence-electron chi connectivity index (χ4n) is 2.64. The van der Waals surface area contributed by atoms with Gasteiger partial charge in [-0.05, 0) is 56.5 Å². The molecule has 0 aliphatic rings. The summed E-state index contributed by atoms with van der Waals surface area (Å²) in [4.78, 5) is 20.6. The summed E-state index contributed by atoms with van der Waals surface area (Å²) >= 11 is 0. The van der Waals surface area contributed by atoms with E-state index in [9.17, 15) is 9.90 Å². The van der Waals surface area contributed by atoms with E-state index in [1.165, 1.54) is 5.56 Å². The number of rotatable bonds is 3. The number of imidazole rings is 1. The molecule has 3 rings (SSSR count). The van der Waals surface area contributed by atoms with Gasteiger partial charge in [0.2, 0.25) is 0 Å². The second-order valence-corrected chi connectivity index (χ2v) is 5.97. The van der Waals surface area contributed by atoms with Gasteiger partial charge in [0.25, 0.3) is 0 Å². The van der Waals surface area contributed by atoms with Crippen LogP contribution in [0.5, 0.6) is 0 Å². The van der Waals surface area contributed by atoms with Crippen LogP contribution < -0.4 is 0 Å². The van der Waals surface area contributed by atoms with Gasteiger partial charge in [-0.25, -0.2) is 14.8 Å². The lowest BCUT2D eigenvalue weighted by molar-refractivity contribution is -0.140. The van der Waals surface area contributed by atoms with E-state index in [1.54, 1.807) is 17.7 Å². The summed E-state index contributed by atoms with van der Waals surface area (Å²) in [7, 11) is 0. The van der Waals surface area contributed by atoms with Gasteiger partial charge in [-0.15, -0.1) is 0 Å². The Balaban J connectivity index is 2.32. The Bertz CT molecular complexity index is 912. The van der Waals surface area contributed by atoms with Crippen LogP contribution in [0.15, 0.2) is 30.5 Å². The van der Waals surface area contributed by atoms with E-state index < -0.39 is 12.0 Å². The zero-order valence-corrected chi connectivity index (χ0v) is 13.7. The SMILES string of the molecule is Cc1cnc2c(c1)nc(-c1ccc(C)c(C)c1)n2C(C)C(=O)O. The highest BCUT2D eigenvalue weighted by atomic mass is 16.4. The summed E-state index contributed by atoms with van der Waals surface area (Å²) in [5.74, 6) is -0.271. The molecule has 3 aromatic rings. The average Bonchev–Trinajstić information content (AvgIpc) is 2.87. The predicted octanol–water partition coefficient (Wildman–Crippen LogP) is 3.67. The molecule has 0 fully saturated rings. The zero-order valence-electron chi connectivity index (χ0n) is 13.7. The molecule has 0 bridgehead atoms. The van der Waals surface area contributed by atoms with Gasteiger partial charge in [-0.2, -0.15) is 0 Å². The Labute approximate surface area is 134 Å². The van der Waals surface area contributed by atoms with Crippen LogP contribution in [-0.4, -0.2) is 25.6 Å². The van der Waals surface area contributed by atoms with Crippen LogP contribution in [0.3, 0.4) is 0 Å². The van der Waals surface area contributed by atoms with E-state index in [0.29, 0.717) is 17.0 Å². The molecule has 0 saturated carbocycles. The molecule has 2 aromatic heterocycles. The van der Waals surface area contributed by atoms with Crippen molar-refractivity contribution in [1.82, 2.24) is 14.5 Å². The minimum atomic E-state index is -0.906. The number of benzene rings is 1. The van der Waals surface area contributed by atoms with E-state index in [4.69, 9.17) is 0 Å². The van der Waals surface area contributed by atoms with Crippen LogP contribution in [0.2, 0.25) is 0 Å². The number of carboxylic acids is 1. The molecular formula is C18H19N3O2. The number of aromatic nitrogens is 3. The van der Waals surface area contributed by atoms with Crippen molar-refractivity contribution in [3.8, 4) is 11.4 Å². The van der Waals surface area contributed by atoms with Crippen molar-refractivity contribution in [2.24, 2.45) is 0 Å². The topological polar surface area (TPSA) is 68.0 Å². The number of carbonyl (C=O) groups is 1. The Morgan fingerprint density at radius 2 is 1.91 bits per heavy atom. The molecule has 1 N–H and O–H groups in total. The molecule has 0 aliphatic heterocycles. The molecule has 118 valence electrons. The van der Waals surface area contributed by atoms with Gasteiger partial charge in [0.15, 0.2) is 5.65 Å². The lowest BCUT2D eigenvalue weighted by Gasteiger charge is -2.13. The smallest absolute Gasteiger partial charge is 0.326 e. The molecule has 1 atom stereocenters. The monoisotopic (exact) mass is 309 g/mol. The number of carboxylic acid groups (broad SMARTS) is 1. The summed E-state index contributed by atoms with van der Waals surface area (Å²) in [6.45, 7) is 7.68. The van der Waals surface area contributed by atoms with Gasteiger partial charge in [-0.3, -0.25) is 4.57 Å². The molecule has 0 aliphatic carbocycles. The molecule has 2 heterocycles. The number of nitrogens with zero attached hydrogens (tertiary/aromatic N) is 3. The lowest BCUT2D eigenvalue weighted by Crippen LogP contribution is -2.17. The van der Waals surface area contributed by atoms with Crippen LogP contribution >= 0.6 is 0 Å². The summed E-state index contributed by atoms with van der Waals surface area (Å²) < 4.78 is 1.70. The first-order valence-electron chi connectivity index (χ1n) is 7.53. The van der Waals surface area contributed by atoms with Gasteiger partial charge in [-0.1, -0.05) is 12.1 Å². The highest BCUT2D eigenvalue weighted by molar-refractivity contribution is 5.82. The molecule has 0 saturated heterocycles. The molecule has 1 aromatic carbocycles. The van der Waals surface area contributed by atoms with E-state index in [-0.39, 0.29) is 0 Å². The Morgan fingerprint density at radius 1 is 1.17 bits per heavy atom. The molecule has 23 heavy (non-hydrogen) atoms. The normalized spacial score (nSPS) is 12.5. The summed E-state index contributed by atoms with van der Waals surface area (Å²) in [5.41, 5.74) is 5.54. The Morgan fingerprint density at radius 3 is 2.57 bits per heavy atom. The highest BCUT2D eigenvalue weighted by Crippen LogP contribution is 2.29. The number of fused-ring (bicyclic) bond motifs is 1. The van der Waals surface area contributed by atoms with Crippen molar-refractivity contribution in [3.05, 3.63) is 47.2 Å². The molecule has 1 unspecified atom stereocenters. The first kappa shape index (κ1) is 15.2. The fourth-order valence-corrected chi connectivity index (χ4v) is 2.64. The van der Waals surface area contributed by atoms with E-state index >= 15 is 0 Å². The number of hydrogen-bond donors (Lipinski definition) is 1. The Kier molecular flexibility index (Phi) is 3.64. The number of hydrogen-bond acceptors (Lipinski definition) is 3. The Hall–Kier alpha value is -2.69. The van der Waals surface area contributed by atoms with E-state index in [1.807, 2.05) is 45.0 Å². The van der Waals surface area contributed by atoms with Gasteiger partial charge >= 0.3 is 5.97 Å². The molecule has 0 amide bonds. The number of aliphatic carboxylic acids is 1. The van der Waals surface area contributed by atoms with Gasteiger partial charge in [0.05, 0.1) is 0 Å². The zero-order chi connectivity index (χ0) is 16.7. The fraction of sp³-hybridized carbons (Fsp3) is 0.278. The van der Waals surface area contributed by atoms with Crippen molar-refractivity contribution in [3.63, 3.8) is 0 Å². The predicted molar refractivity (Wildman–Crippen MR) is 89.5 cm³/mol. The summed E-state index contributed by atoms with van der Waals surface area (Å²) in [5, 5.41) is 9.46. The third kappa shape index (κ3) is 2.59. The van der Waals surface area contributed by atoms with Crippen LogP contribution in [0.4, 0.5) is 0 Å².